The molecule has 1 aromatic carbocycles. The van der Waals surface area contributed by atoms with Gasteiger partial charge in [0, 0.05) is 19.4 Å². The van der Waals surface area contributed by atoms with Crippen molar-refractivity contribution in [2.75, 3.05) is 0 Å². The lowest BCUT2D eigenvalue weighted by Crippen LogP contribution is -2.50. The van der Waals surface area contributed by atoms with Crippen LogP contribution < -0.4 is 10.6 Å². The molecule has 0 bridgehead atoms. The quantitative estimate of drug-likeness (QED) is 0.898. The van der Waals surface area contributed by atoms with Gasteiger partial charge in [-0.3, -0.25) is 9.59 Å². The van der Waals surface area contributed by atoms with Crippen LogP contribution in [0.5, 0.6) is 0 Å². The molecule has 0 spiro atoms. The van der Waals surface area contributed by atoms with Gasteiger partial charge in [0.15, 0.2) is 0 Å². The van der Waals surface area contributed by atoms with Crippen molar-refractivity contribution < 1.29 is 9.59 Å². The minimum atomic E-state index is -0.199. The maximum absolute atomic E-state index is 12.8. The SMILES string of the molecule is O=C1CC[C@@H](NC(=O)c2cnc3n2CCCC3)[C@H](c2ccccc2)N1. The molecule has 0 aliphatic carbocycles. The van der Waals surface area contributed by atoms with Crippen molar-refractivity contribution in [2.24, 2.45) is 0 Å². The summed E-state index contributed by atoms with van der Waals surface area (Å²) in [5.41, 5.74) is 1.63. The number of hydrogen-bond donors (Lipinski definition) is 2. The number of fused-ring (bicyclic) bond motifs is 1. The Kier molecular flexibility index (Phi) is 4.26. The Hall–Kier alpha value is -2.63. The van der Waals surface area contributed by atoms with Crippen molar-refractivity contribution in [3.63, 3.8) is 0 Å². The second kappa shape index (κ2) is 6.70. The third kappa shape index (κ3) is 3.16. The summed E-state index contributed by atoms with van der Waals surface area (Å²) in [5.74, 6) is 0.914. The standard InChI is InChI=1S/C19H22N4O2/c24-17-10-9-14(18(22-17)13-6-2-1-3-7-13)21-19(25)15-12-20-16-8-4-5-11-23(15)16/h1-3,6-7,12,14,18H,4-5,8-11H2,(H,21,25)(H,22,24)/t14-,18+/m1/s1. The molecule has 6 nitrogen and oxygen atoms in total. The zero-order valence-electron chi connectivity index (χ0n) is 14.1. The zero-order chi connectivity index (χ0) is 17.2. The van der Waals surface area contributed by atoms with Gasteiger partial charge < -0.3 is 15.2 Å². The highest BCUT2D eigenvalue weighted by atomic mass is 16.2. The Labute approximate surface area is 146 Å². The molecular weight excluding hydrogens is 316 g/mol. The maximum Gasteiger partial charge on any atom is 0.269 e. The Morgan fingerprint density at radius 1 is 1.20 bits per heavy atom. The Morgan fingerprint density at radius 2 is 2.04 bits per heavy atom. The molecule has 0 saturated carbocycles. The van der Waals surface area contributed by atoms with Crippen LogP contribution in [-0.2, 0) is 17.8 Å². The van der Waals surface area contributed by atoms with Crippen LogP contribution in [0, 0.1) is 0 Å². The molecule has 2 atom stereocenters. The van der Waals surface area contributed by atoms with Gasteiger partial charge in [-0.05, 0) is 24.8 Å². The number of piperidine rings is 1. The smallest absolute Gasteiger partial charge is 0.269 e. The van der Waals surface area contributed by atoms with Gasteiger partial charge in [0.2, 0.25) is 5.91 Å². The van der Waals surface area contributed by atoms with Crippen LogP contribution in [0.15, 0.2) is 36.5 Å². The summed E-state index contributed by atoms with van der Waals surface area (Å²) in [4.78, 5) is 29.1. The molecule has 0 radical (unpaired) electrons. The topological polar surface area (TPSA) is 76.0 Å². The highest BCUT2D eigenvalue weighted by Gasteiger charge is 2.32. The van der Waals surface area contributed by atoms with Crippen molar-refractivity contribution in [2.45, 2.75) is 50.7 Å². The number of nitrogens with one attached hydrogen (secondary N) is 2. The first kappa shape index (κ1) is 15.9. The van der Waals surface area contributed by atoms with Crippen molar-refractivity contribution >= 4 is 11.8 Å². The van der Waals surface area contributed by atoms with E-state index in [4.69, 9.17) is 0 Å². The summed E-state index contributed by atoms with van der Waals surface area (Å²) in [7, 11) is 0. The van der Waals surface area contributed by atoms with Gasteiger partial charge in [-0.1, -0.05) is 30.3 Å². The number of amides is 2. The van der Waals surface area contributed by atoms with Gasteiger partial charge >= 0.3 is 0 Å². The van der Waals surface area contributed by atoms with Crippen LogP contribution in [0.25, 0.3) is 0 Å². The minimum Gasteiger partial charge on any atom is -0.347 e. The number of imidazole rings is 1. The van der Waals surface area contributed by atoms with E-state index in [0.717, 1.165) is 37.2 Å². The average Bonchev–Trinajstić information content (AvgIpc) is 3.08. The van der Waals surface area contributed by atoms with Crippen LogP contribution in [0.3, 0.4) is 0 Å². The predicted molar refractivity (Wildman–Crippen MR) is 93.0 cm³/mol. The van der Waals surface area contributed by atoms with Crippen LogP contribution in [0.2, 0.25) is 0 Å². The molecule has 2 aliphatic rings. The number of rotatable bonds is 3. The summed E-state index contributed by atoms with van der Waals surface area (Å²) < 4.78 is 2.03. The second-order valence-electron chi connectivity index (χ2n) is 6.74. The second-order valence-corrected chi connectivity index (χ2v) is 6.74. The fourth-order valence-corrected chi connectivity index (χ4v) is 3.77. The molecule has 2 aromatic rings. The fraction of sp³-hybridized carbons (Fsp3) is 0.421. The average molecular weight is 338 g/mol. The third-order valence-electron chi connectivity index (χ3n) is 5.08. The first-order valence-corrected chi connectivity index (χ1v) is 8.92. The molecule has 1 saturated heterocycles. The number of carbonyl (C=O) groups excluding carboxylic acids is 2. The normalized spacial score (nSPS) is 22.8. The Balaban J connectivity index is 1.55. The number of hydrogen-bond acceptors (Lipinski definition) is 3. The van der Waals surface area contributed by atoms with Gasteiger partial charge in [-0.15, -0.1) is 0 Å². The highest BCUT2D eigenvalue weighted by Crippen LogP contribution is 2.25. The monoisotopic (exact) mass is 338 g/mol. The van der Waals surface area contributed by atoms with Gasteiger partial charge in [0.1, 0.15) is 11.5 Å². The molecular formula is C19H22N4O2. The molecule has 1 fully saturated rings. The number of benzene rings is 1. The highest BCUT2D eigenvalue weighted by molar-refractivity contribution is 5.93. The van der Waals surface area contributed by atoms with Crippen LogP contribution >= 0.6 is 0 Å². The lowest BCUT2D eigenvalue weighted by molar-refractivity contribution is -0.123. The summed E-state index contributed by atoms with van der Waals surface area (Å²) >= 11 is 0. The van der Waals surface area contributed by atoms with E-state index < -0.39 is 0 Å². The van der Waals surface area contributed by atoms with Crippen molar-refractivity contribution in [1.82, 2.24) is 20.2 Å². The fourth-order valence-electron chi connectivity index (χ4n) is 3.77. The van der Waals surface area contributed by atoms with Gasteiger partial charge in [-0.2, -0.15) is 0 Å². The molecule has 25 heavy (non-hydrogen) atoms. The first-order chi connectivity index (χ1) is 12.2. The Morgan fingerprint density at radius 3 is 2.88 bits per heavy atom. The lowest BCUT2D eigenvalue weighted by Gasteiger charge is -2.33. The van der Waals surface area contributed by atoms with E-state index in [2.05, 4.69) is 15.6 Å². The number of aromatic nitrogens is 2. The van der Waals surface area contributed by atoms with Crippen molar-refractivity contribution in [3.05, 3.63) is 53.6 Å². The largest absolute Gasteiger partial charge is 0.347 e. The summed E-state index contributed by atoms with van der Waals surface area (Å²) in [5, 5.41) is 6.15. The zero-order valence-corrected chi connectivity index (χ0v) is 14.1. The maximum atomic E-state index is 12.8. The third-order valence-corrected chi connectivity index (χ3v) is 5.08. The van der Waals surface area contributed by atoms with Gasteiger partial charge in [0.25, 0.3) is 5.91 Å². The van der Waals surface area contributed by atoms with E-state index in [9.17, 15) is 9.59 Å². The molecule has 3 heterocycles. The molecule has 1 aromatic heterocycles. The molecule has 4 rings (SSSR count). The molecule has 2 aliphatic heterocycles. The van der Waals surface area contributed by atoms with E-state index in [-0.39, 0.29) is 23.9 Å². The number of aryl methyl sites for hydroxylation is 1. The van der Waals surface area contributed by atoms with Crippen LogP contribution in [0.1, 0.15) is 53.6 Å². The van der Waals surface area contributed by atoms with E-state index in [1.807, 2.05) is 34.9 Å². The molecule has 6 heteroatoms. The molecule has 130 valence electrons. The summed E-state index contributed by atoms with van der Waals surface area (Å²) in [6, 6.07) is 9.48. The van der Waals surface area contributed by atoms with Crippen LogP contribution in [-0.4, -0.2) is 27.4 Å². The Bertz CT molecular complexity index is 784. The van der Waals surface area contributed by atoms with Crippen molar-refractivity contribution in [3.8, 4) is 0 Å². The van der Waals surface area contributed by atoms with Crippen LogP contribution in [0.4, 0.5) is 0 Å². The predicted octanol–water partition coefficient (Wildman–Crippen LogP) is 1.97. The van der Waals surface area contributed by atoms with Gasteiger partial charge in [-0.25, -0.2) is 4.98 Å². The summed E-state index contributed by atoms with van der Waals surface area (Å²) in [6.07, 6.45) is 5.88. The van der Waals surface area contributed by atoms with Gasteiger partial charge in [0.05, 0.1) is 18.3 Å². The molecule has 2 N–H and O–H groups in total. The number of nitrogens with zero attached hydrogens (tertiary/aromatic N) is 2. The lowest BCUT2D eigenvalue weighted by atomic mass is 9.92. The minimum absolute atomic E-state index is 0.0288. The van der Waals surface area contributed by atoms with E-state index in [1.54, 1.807) is 6.20 Å². The van der Waals surface area contributed by atoms with E-state index in [1.165, 1.54) is 0 Å². The van der Waals surface area contributed by atoms with Crippen molar-refractivity contribution in [1.29, 1.82) is 0 Å². The van der Waals surface area contributed by atoms with E-state index >= 15 is 0 Å². The summed E-state index contributed by atoms with van der Waals surface area (Å²) in [6.45, 7) is 0.849. The first-order valence-electron chi connectivity index (χ1n) is 8.92. The molecule has 2 amide bonds. The van der Waals surface area contributed by atoms with E-state index in [0.29, 0.717) is 18.5 Å². The number of carbonyl (C=O) groups is 2. The molecule has 0 unspecified atom stereocenters.